The maximum absolute atomic E-state index is 5.10. The number of nitrogens with two attached hydrogens (primary N) is 1. The van der Waals surface area contributed by atoms with Gasteiger partial charge >= 0.3 is 0 Å². The van der Waals surface area contributed by atoms with E-state index in [2.05, 4.69) is 57.5 Å². The molecule has 0 unspecified atom stereocenters. The Hall–Kier alpha value is 0.440. The quantitative estimate of drug-likeness (QED) is 0.310. The van der Waals surface area contributed by atoms with Gasteiger partial charge in [-0.2, -0.15) is 0 Å². The smallest absolute Gasteiger partial charge is 0.0598 e. The van der Waals surface area contributed by atoms with Gasteiger partial charge in [-0.3, -0.25) is 5.84 Å². The summed E-state index contributed by atoms with van der Waals surface area (Å²) in [6.45, 7) is 6.14. The number of nitrogens with one attached hydrogen (secondary N) is 1. The zero-order valence-electron chi connectivity index (χ0n) is 8.80. The Kier molecular flexibility index (Phi) is 16.2. The van der Waals surface area contributed by atoms with Gasteiger partial charge in [0.25, 0.3) is 0 Å². The second-order valence-electron chi connectivity index (χ2n) is 2.03. The SMILES string of the molecule is CC.CC(I)I.NNc1ccccc1. The fourth-order valence-electron chi connectivity index (χ4n) is 0.534. The van der Waals surface area contributed by atoms with Crippen molar-refractivity contribution in [3.05, 3.63) is 30.3 Å². The molecule has 0 amide bonds. The summed E-state index contributed by atoms with van der Waals surface area (Å²) in [7, 11) is 0. The van der Waals surface area contributed by atoms with E-state index in [1.807, 2.05) is 44.2 Å². The van der Waals surface area contributed by atoms with Crippen LogP contribution in [0.5, 0.6) is 0 Å². The van der Waals surface area contributed by atoms with Crippen molar-refractivity contribution in [1.82, 2.24) is 0 Å². The minimum atomic E-state index is 0.773. The number of nitrogen functional groups attached to an aromatic ring is 1. The summed E-state index contributed by atoms with van der Waals surface area (Å²) in [6, 6.07) is 9.60. The molecular formula is C10H18I2N2. The minimum Gasteiger partial charge on any atom is -0.324 e. The van der Waals surface area contributed by atoms with Crippen LogP contribution in [0.25, 0.3) is 0 Å². The van der Waals surface area contributed by atoms with Crippen LogP contribution in [0.1, 0.15) is 20.8 Å². The molecule has 0 saturated carbocycles. The van der Waals surface area contributed by atoms with Gasteiger partial charge in [0.05, 0.1) is 1.93 Å². The Bertz CT molecular complexity index is 188. The number of rotatable bonds is 1. The lowest BCUT2D eigenvalue weighted by atomic mass is 10.3. The highest BCUT2D eigenvalue weighted by Gasteiger charge is 1.78. The standard InChI is InChI=1S/C6H8N2.C2H4I2.C2H6/c7-8-6-4-2-1-3-5-6;1-2(3)4;1-2/h1-5,8H,7H2;2H,1H3;1-2H3. The molecule has 1 aromatic rings. The molecule has 0 heterocycles. The van der Waals surface area contributed by atoms with Crippen LogP contribution in [0, 0.1) is 0 Å². The second-order valence-corrected chi connectivity index (χ2v) is 8.15. The maximum Gasteiger partial charge on any atom is 0.0598 e. The van der Waals surface area contributed by atoms with Crippen LogP contribution in [-0.4, -0.2) is 1.93 Å². The molecule has 0 aliphatic carbocycles. The highest BCUT2D eigenvalue weighted by Crippen LogP contribution is 2.05. The average Bonchev–Trinajstić information content (AvgIpc) is 2.21. The van der Waals surface area contributed by atoms with Gasteiger partial charge in [0, 0.05) is 5.69 Å². The lowest BCUT2D eigenvalue weighted by molar-refractivity contribution is 1.35. The van der Waals surface area contributed by atoms with Gasteiger partial charge in [0.15, 0.2) is 0 Å². The Balaban J connectivity index is 0. The van der Waals surface area contributed by atoms with Crippen LogP contribution in [0.3, 0.4) is 0 Å². The number of hydrogen-bond acceptors (Lipinski definition) is 2. The van der Waals surface area contributed by atoms with Crippen LogP contribution in [0.2, 0.25) is 0 Å². The zero-order valence-corrected chi connectivity index (χ0v) is 13.1. The molecule has 0 saturated heterocycles. The fourth-order valence-corrected chi connectivity index (χ4v) is 0.534. The fraction of sp³-hybridized carbons (Fsp3) is 0.400. The molecular weight excluding hydrogens is 402 g/mol. The van der Waals surface area contributed by atoms with Crippen LogP contribution in [-0.2, 0) is 0 Å². The number of anilines is 1. The van der Waals surface area contributed by atoms with Crippen molar-refractivity contribution in [2.24, 2.45) is 5.84 Å². The molecule has 0 radical (unpaired) electrons. The summed E-state index contributed by atoms with van der Waals surface area (Å²) < 4.78 is 0.773. The summed E-state index contributed by atoms with van der Waals surface area (Å²) in [4.78, 5) is 0. The third kappa shape index (κ3) is 14.9. The normalized spacial score (nSPS) is 7.93. The van der Waals surface area contributed by atoms with Gasteiger partial charge in [-0.25, -0.2) is 0 Å². The third-order valence-corrected chi connectivity index (χ3v) is 0.940. The van der Waals surface area contributed by atoms with Crippen molar-refractivity contribution in [3.8, 4) is 0 Å². The van der Waals surface area contributed by atoms with Crippen molar-refractivity contribution >= 4 is 50.9 Å². The Morgan fingerprint density at radius 3 is 1.71 bits per heavy atom. The molecule has 82 valence electrons. The van der Waals surface area contributed by atoms with Crippen molar-refractivity contribution in [2.75, 3.05) is 5.43 Å². The van der Waals surface area contributed by atoms with Gasteiger partial charge in [0.2, 0.25) is 0 Å². The van der Waals surface area contributed by atoms with Crippen molar-refractivity contribution < 1.29 is 0 Å². The molecule has 0 spiro atoms. The molecule has 0 bridgehead atoms. The number of hydrazine groups is 1. The van der Waals surface area contributed by atoms with Crippen LogP contribution < -0.4 is 11.3 Å². The van der Waals surface area contributed by atoms with Crippen molar-refractivity contribution in [2.45, 2.75) is 22.7 Å². The van der Waals surface area contributed by atoms with Gasteiger partial charge in [-0.1, -0.05) is 77.2 Å². The van der Waals surface area contributed by atoms with E-state index < -0.39 is 0 Å². The number of alkyl halides is 2. The third-order valence-electron chi connectivity index (χ3n) is 0.940. The molecule has 14 heavy (non-hydrogen) atoms. The summed E-state index contributed by atoms with van der Waals surface area (Å²) in [5, 5.41) is 0. The number of benzene rings is 1. The zero-order chi connectivity index (χ0) is 11.4. The Labute approximate surface area is 114 Å². The molecule has 4 heteroatoms. The molecule has 0 aromatic heterocycles. The number of hydrogen-bond donors (Lipinski definition) is 2. The molecule has 3 N–H and O–H groups in total. The van der Waals surface area contributed by atoms with E-state index >= 15 is 0 Å². The number of halogens is 2. The molecule has 1 rings (SSSR count). The lowest BCUT2D eigenvalue weighted by Crippen LogP contribution is -2.05. The number of para-hydroxylation sites is 1. The van der Waals surface area contributed by atoms with Crippen LogP contribution in [0.15, 0.2) is 30.3 Å². The van der Waals surface area contributed by atoms with E-state index in [0.29, 0.717) is 0 Å². The first-order valence-electron chi connectivity index (χ1n) is 4.46. The predicted molar refractivity (Wildman–Crippen MR) is 83.1 cm³/mol. The summed E-state index contributed by atoms with van der Waals surface area (Å²) >= 11 is 4.66. The van der Waals surface area contributed by atoms with Crippen LogP contribution >= 0.6 is 45.2 Å². The van der Waals surface area contributed by atoms with E-state index in [1.54, 1.807) is 0 Å². The molecule has 0 aliphatic rings. The van der Waals surface area contributed by atoms with Gasteiger partial charge in [-0.05, 0) is 19.1 Å². The molecule has 1 aromatic carbocycles. The highest BCUT2D eigenvalue weighted by atomic mass is 127. The first kappa shape index (κ1) is 16.9. The summed E-state index contributed by atoms with van der Waals surface area (Å²) in [6.07, 6.45) is 0. The molecule has 0 atom stereocenters. The average molecular weight is 420 g/mol. The minimum absolute atomic E-state index is 0.773. The van der Waals surface area contributed by atoms with Gasteiger partial charge in [-0.15, -0.1) is 0 Å². The van der Waals surface area contributed by atoms with E-state index in [-0.39, 0.29) is 0 Å². The van der Waals surface area contributed by atoms with E-state index in [9.17, 15) is 0 Å². The second kappa shape index (κ2) is 13.4. The largest absolute Gasteiger partial charge is 0.324 e. The molecule has 0 aliphatic heterocycles. The first-order valence-corrected chi connectivity index (χ1v) is 6.95. The maximum atomic E-state index is 5.10. The van der Waals surface area contributed by atoms with E-state index in [0.717, 1.165) is 7.62 Å². The first-order chi connectivity index (χ1) is 6.66. The van der Waals surface area contributed by atoms with E-state index in [1.165, 1.54) is 0 Å². The van der Waals surface area contributed by atoms with Crippen molar-refractivity contribution in [3.63, 3.8) is 0 Å². The summed E-state index contributed by atoms with van der Waals surface area (Å²) in [5.41, 5.74) is 3.46. The van der Waals surface area contributed by atoms with E-state index in [4.69, 9.17) is 5.84 Å². The van der Waals surface area contributed by atoms with Crippen molar-refractivity contribution in [1.29, 1.82) is 0 Å². The topological polar surface area (TPSA) is 38.0 Å². The lowest BCUT2D eigenvalue weighted by Gasteiger charge is -1.94. The van der Waals surface area contributed by atoms with Gasteiger partial charge < -0.3 is 5.43 Å². The highest BCUT2D eigenvalue weighted by molar-refractivity contribution is 14.2. The molecule has 0 fully saturated rings. The monoisotopic (exact) mass is 420 g/mol. The van der Waals surface area contributed by atoms with Gasteiger partial charge in [0.1, 0.15) is 0 Å². The Morgan fingerprint density at radius 1 is 1.14 bits per heavy atom. The van der Waals surface area contributed by atoms with Crippen LogP contribution in [0.4, 0.5) is 5.69 Å². The summed E-state index contributed by atoms with van der Waals surface area (Å²) in [5.74, 6) is 5.10. The molecule has 2 nitrogen and oxygen atoms in total. The predicted octanol–water partition coefficient (Wildman–Crippen LogP) is 4.20. The Morgan fingerprint density at radius 2 is 1.50 bits per heavy atom.